The van der Waals surface area contributed by atoms with E-state index < -0.39 is 11.7 Å². The van der Waals surface area contributed by atoms with E-state index >= 15 is 0 Å². The van der Waals surface area contributed by atoms with Crippen LogP contribution in [0.1, 0.15) is 15.9 Å². The lowest BCUT2D eigenvalue weighted by atomic mass is 10.1. The zero-order valence-corrected chi connectivity index (χ0v) is 10.1. The molecule has 94 valence electrons. The predicted molar refractivity (Wildman–Crippen MR) is 70.2 cm³/mol. The Balaban J connectivity index is 1.86. The van der Waals surface area contributed by atoms with Crippen LogP contribution in [0.3, 0.4) is 0 Å². The highest BCUT2D eigenvalue weighted by Gasteiger charge is 2.31. The fraction of sp³-hybridized carbons (Fsp3) is 0.0667. The second-order valence-corrected chi connectivity index (χ2v) is 4.24. The summed E-state index contributed by atoms with van der Waals surface area (Å²) in [5.41, 5.74) is 1.84. The van der Waals surface area contributed by atoms with Crippen LogP contribution in [0.5, 0.6) is 5.75 Å². The molecular weight excluding hydrogens is 242 g/mol. The molecule has 3 rings (SSSR count). The van der Waals surface area contributed by atoms with E-state index in [4.69, 9.17) is 4.74 Å². The highest BCUT2D eigenvalue weighted by molar-refractivity contribution is 6.52. The molecule has 4 nitrogen and oxygen atoms in total. The Morgan fingerprint density at radius 3 is 2.53 bits per heavy atom. The summed E-state index contributed by atoms with van der Waals surface area (Å²) in [6.45, 7) is 0.360. The first-order valence-corrected chi connectivity index (χ1v) is 5.91. The Morgan fingerprint density at radius 1 is 0.947 bits per heavy atom. The van der Waals surface area contributed by atoms with Crippen molar-refractivity contribution >= 4 is 17.4 Å². The lowest BCUT2D eigenvalue weighted by Crippen LogP contribution is -2.13. The number of rotatable bonds is 3. The van der Waals surface area contributed by atoms with Gasteiger partial charge in [0.2, 0.25) is 0 Å². The van der Waals surface area contributed by atoms with Crippen molar-refractivity contribution in [2.75, 3.05) is 5.32 Å². The Bertz CT molecular complexity index is 650. The molecule has 1 heterocycles. The molecule has 1 N–H and O–H groups in total. The molecule has 0 radical (unpaired) electrons. The largest absolute Gasteiger partial charge is 0.488 e. The molecule has 2 aromatic rings. The smallest absolute Gasteiger partial charge is 0.297 e. The van der Waals surface area contributed by atoms with E-state index in [-0.39, 0.29) is 0 Å². The van der Waals surface area contributed by atoms with Crippen molar-refractivity contribution in [1.82, 2.24) is 0 Å². The predicted octanol–water partition coefficient (Wildman–Crippen LogP) is 2.40. The van der Waals surface area contributed by atoms with Crippen molar-refractivity contribution in [3.8, 4) is 5.75 Å². The van der Waals surface area contributed by atoms with E-state index in [9.17, 15) is 9.59 Å². The van der Waals surface area contributed by atoms with Gasteiger partial charge < -0.3 is 10.1 Å². The summed E-state index contributed by atoms with van der Waals surface area (Å²) in [6.07, 6.45) is 0. The van der Waals surface area contributed by atoms with Crippen LogP contribution < -0.4 is 10.1 Å². The molecule has 0 unspecified atom stereocenters. The number of hydrogen-bond acceptors (Lipinski definition) is 3. The number of ether oxygens (including phenoxy) is 1. The van der Waals surface area contributed by atoms with Gasteiger partial charge in [-0.05, 0) is 17.7 Å². The van der Waals surface area contributed by atoms with E-state index in [1.807, 2.05) is 30.3 Å². The standard InChI is InChI=1S/C15H11NO3/c17-14-13-11(16-15(14)18)7-4-8-12(13)19-9-10-5-2-1-3-6-10/h1-8H,9H2,(H,16,17,18). The number of fused-ring (bicyclic) bond motifs is 1. The van der Waals surface area contributed by atoms with Gasteiger partial charge >= 0.3 is 0 Å². The van der Waals surface area contributed by atoms with Gasteiger partial charge in [-0.25, -0.2) is 0 Å². The van der Waals surface area contributed by atoms with Crippen LogP contribution in [-0.4, -0.2) is 11.7 Å². The maximum atomic E-state index is 11.7. The van der Waals surface area contributed by atoms with Gasteiger partial charge in [0.05, 0.1) is 11.3 Å². The molecular formula is C15H11NO3. The van der Waals surface area contributed by atoms with Crippen molar-refractivity contribution in [2.24, 2.45) is 0 Å². The number of carbonyl (C=O) groups excluding carboxylic acids is 2. The van der Waals surface area contributed by atoms with Crippen molar-refractivity contribution < 1.29 is 14.3 Å². The van der Waals surface area contributed by atoms with Crippen LogP contribution in [0, 0.1) is 0 Å². The van der Waals surface area contributed by atoms with E-state index in [0.29, 0.717) is 23.6 Å². The fourth-order valence-electron chi connectivity index (χ4n) is 2.02. The number of nitrogens with one attached hydrogen (secondary N) is 1. The Morgan fingerprint density at radius 2 is 1.74 bits per heavy atom. The second-order valence-electron chi connectivity index (χ2n) is 4.24. The molecule has 0 saturated carbocycles. The topological polar surface area (TPSA) is 55.4 Å². The monoisotopic (exact) mass is 253 g/mol. The van der Waals surface area contributed by atoms with Crippen LogP contribution in [0.2, 0.25) is 0 Å². The maximum Gasteiger partial charge on any atom is 0.297 e. The average molecular weight is 253 g/mol. The molecule has 1 aliphatic rings. The van der Waals surface area contributed by atoms with E-state index in [1.165, 1.54) is 0 Å². The summed E-state index contributed by atoms with van der Waals surface area (Å²) in [5.74, 6) is -0.714. The number of Topliss-reactive ketones (excluding diaryl/α,β-unsaturated/α-hetero) is 1. The zero-order valence-electron chi connectivity index (χ0n) is 10.1. The van der Waals surface area contributed by atoms with Crippen LogP contribution in [-0.2, 0) is 11.4 Å². The van der Waals surface area contributed by atoms with Gasteiger partial charge in [0.1, 0.15) is 12.4 Å². The minimum atomic E-state index is -0.606. The highest BCUT2D eigenvalue weighted by Crippen LogP contribution is 2.31. The zero-order chi connectivity index (χ0) is 13.2. The summed E-state index contributed by atoms with van der Waals surface area (Å²) >= 11 is 0. The number of carbonyl (C=O) groups is 2. The summed E-state index contributed by atoms with van der Waals surface area (Å²) in [4.78, 5) is 23.1. The SMILES string of the molecule is O=C1Nc2cccc(OCc3ccccc3)c2C1=O. The van der Waals surface area contributed by atoms with E-state index in [2.05, 4.69) is 5.32 Å². The van der Waals surface area contributed by atoms with Crippen molar-refractivity contribution in [3.63, 3.8) is 0 Å². The number of anilines is 1. The minimum absolute atomic E-state index is 0.323. The first kappa shape index (κ1) is 11.5. The highest BCUT2D eigenvalue weighted by atomic mass is 16.5. The number of amides is 1. The Hall–Kier alpha value is -2.62. The fourth-order valence-corrected chi connectivity index (χ4v) is 2.02. The van der Waals surface area contributed by atoms with Gasteiger partial charge in [-0.1, -0.05) is 36.4 Å². The maximum absolute atomic E-state index is 11.7. The lowest BCUT2D eigenvalue weighted by molar-refractivity contribution is -0.112. The minimum Gasteiger partial charge on any atom is -0.488 e. The third kappa shape index (κ3) is 2.08. The Kier molecular flexibility index (Phi) is 2.76. The van der Waals surface area contributed by atoms with E-state index in [1.54, 1.807) is 18.2 Å². The van der Waals surface area contributed by atoms with Gasteiger partial charge in [-0.2, -0.15) is 0 Å². The Labute approximate surface area is 110 Å². The lowest BCUT2D eigenvalue weighted by Gasteiger charge is -2.09. The molecule has 0 aromatic heterocycles. The number of hydrogen-bond donors (Lipinski definition) is 1. The third-order valence-electron chi connectivity index (χ3n) is 2.94. The summed E-state index contributed by atoms with van der Waals surface area (Å²) < 4.78 is 5.64. The molecule has 4 heteroatoms. The quantitative estimate of drug-likeness (QED) is 0.854. The summed E-state index contributed by atoms with van der Waals surface area (Å²) in [7, 11) is 0. The van der Waals surface area contributed by atoms with Gasteiger partial charge in [-0.15, -0.1) is 0 Å². The van der Waals surface area contributed by atoms with Crippen molar-refractivity contribution in [1.29, 1.82) is 0 Å². The molecule has 1 amide bonds. The van der Waals surface area contributed by atoms with Gasteiger partial charge in [0.25, 0.3) is 11.7 Å². The van der Waals surface area contributed by atoms with Crippen LogP contribution in [0.25, 0.3) is 0 Å². The van der Waals surface area contributed by atoms with Crippen molar-refractivity contribution in [3.05, 3.63) is 59.7 Å². The first-order valence-electron chi connectivity index (χ1n) is 5.91. The molecule has 0 fully saturated rings. The van der Waals surface area contributed by atoms with Gasteiger partial charge in [-0.3, -0.25) is 9.59 Å². The third-order valence-corrected chi connectivity index (χ3v) is 2.94. The van der Waals surface area contributed by atoms with Gasteiger partial charge in [0.15, 0.2) is 0 Å². The van der Waals surface area contributed by atoms with Gasteiger partial charge in [0, 0.05) is 0 Å². The average Bonchev–Trinajstić information content (AvgIpc) is 2.74. The molecule has 0 spiro atoms. The van der Waals surface area contributed by atoms with Crippen LogP contribution in [0.4, 0.5) is 5.69 Å². The summed E-state index contributed by atoms with van der Waals surface area (Å²) in [5, 5.41) is 2.52. The first-order chi connectivity index (χ1) is 9.25. The van der Waals surface area contributed by atoms with E-state index in [0.717, 1.165) is 5.56 Å². The normalized spacial score (nSPS) is 13.1. The van der Waals surface area contributed by atoms with Crippen LogP contribution >= 0.6 is 0 Å². The van der Waals surface area contributed by atoms with Crippen LogP contribution in [0.15, 0.2) is 48.5 Å². The molecule has 2 aromatic carbocycles. The molecule has 19 heavy (non-hydrogen) atoms. The number of benzene rings is 2. The van der Waals surface area contributed by atoms with Crippen molar-refractivity contribution in [2.45, 2.75) is 6.61 Å². The molecule has 0 bridgehead atoms. The number of ketones is 1. The second kappa shape index (κ2) is 4.57. The molecule has 0 saturated heterocycles. The molecule has 0 aliphatic carbocycles. The molecule has 0 atom stereocenters. The summed E-state index contributed by atoms with van der Waals surface area (Å²) in [6, 6.07) is 14.8. The molecule has 1 aliphatic heterocycles.